The molecule has 0 bridgehead atoms. The van der Waals surface area contributed by atoms with Crippen LogP contribution in [0.25, 0.3) is 22.3 Å². The van der Waals surface area contributed by atoms with Crippen molar-refractivity contribution in [3.05, 3.63) is 107 Å². The van der Waals surface area contributed by atoms with Gasteiger partial charge in [-0.3, -0.25) is 4.79 Å². The van der Waals surface area contributed by atoms with Crippen LogP contribution in [0.5, 0.6) is 11.5 Å². The van der Waals surface area contributed by atoms with Gasteiger partial charge in [-0.2, -0.15) is 8.78 Å². The van der Waals surface area contributed by atoms with Crippen molar-refractivity contribution in [1.29, 1.82) is 0 Å². The summed E-state index contributed by atoms with van der Waals surface area (Å²) in [5.74, 6) is -0.704. The largest absolute Gasteiger partial charge is 0.480 e. The zero-order valence-electron chi connectivity index (χ0n) is 17.7. The highest BCUT2D eigenvalue weighted by molar-refractivity contribution is 6.00. The molecule has 0 aliphatic carbocycles. The molecule has 4 aromatic carbocycles. The molecule has 1 unspecified atom stereocenters. The molecular weight excluding hydrogens is 443 g/mol. The number of carbonyl (C=O) groups is 1. The lowest BCUT2D eigenvalue weighted by atomic mass is 9.86. The number of ether oxygens (including phenoxy) is 2. The molecule has 1 heterocycles. The summed E-state index contributed by atoms with van der Waals surface area (Å²) in [6.45, 7) is -3.02. The van der Waals surface area contributed by atoms with Crippen molar-refractivity contribution in [2.24, 2.45) is 5.73 Å². The van der Waals surface area contributed by atoms with Crippen LogP contribution in [-0.4, -0.2) is 12.5 Å². The van der Waals surface area contributed by atoms with Gasteiger partial charge in [-0.25, -0.2) is 4.39 Å². The van der Waals surface area contributed by atoms with Gasteiger partial charge in [-0.05, 0) is 58.7 Å². The molecule has 1 amide bonds. The van der Waals surface area contributed by atoms with Crippen LogP contribution in [-0.2, 0) is 0 Å². The molecule has 1 aliphatic heterocycles. The van der Waals surface area contributed by atoms with Gasteiger partial charge in [0.25, 0.3) is 0 Å². The third-order valence-corrected chi connectivity index (χ3v) is 5.71. The Kier molecular flexibility index (Phi) is 5.45. The van der Waals surface area contributed by atoms with Crippen molar-refractivity contribution >= 4 is 5.91 Å². The Hall–Kier alpha value is -4.26. The Bertz CT molecular complexity index is 1400. The van der Waals surface area contributed by atoms with Crippen LogP contribution in [0.1, 0.15) is 27.6 Å². The fourth-order valence-corrected chi connectivity index (χ4v) is 4.30. The number of hydrogen-bond donors (Lipinski definition) is 1. The summed E-state index contributed by atoms with van der Waals surface area (Å²) < 4.78 is 51.3. The molecule has 5 rings (SSSR count). The first-order chi connectivity index (χ1) is 16.4. The summed E-state index contributed by atoms with van der Waals surface area (Å²) in [5, 5.41) is 0. The van der Waals surface area contributed by atoms with Crippen molar-refractivity contribution < 1.29 is 27.4 Å². The van der Waals surface area contributed by atoms with Gasteiger partial charge in [-0.15, -0.1) is 0 Å². The van der Waals surface area contributed by atoms with Crippen LogP contribution in [0, 0.1) is 5.82 Å². The van der Waals surface area contributed by atoms with E-state index in [2.05, 4.69) is 0 Å². The van der Waals surface area contributed by atoms with E-state index in [1.165, 1.54) is 18.2 Å². The molecule has 4 aromatic rings. The normalized spacial score (nSPS) is 14.2. The molecule has 4 nitrogen and oxygen atoms in total. The Labute approximate surface area is 193 Å². The number of amides is 1. The first kappa shape index (κ1) is 21.6. The third kappa shape index (κ3) is 3.85. The number of benzene rings is 4. The summed E-state index contributed by atoms with van der Waals surface area (Å²) in [7, 11) is 0. The van der Waals surface area contributed by atoms with Gasteiger partial charge in [0.1, 0.15) is 23.4 Å². The van der Waals surface area contributed by atoms with Crippen molar-refractivity contribution in [1.82, 2.24) is 0 Å². The maximum absolute atomic E-state index is 14.1. The predicted molar refractivity (Wildman–Crippen MR) is 121 cm³/mol. The monoisotopic (exact) mass is 461 g/mol. The van der Waals surface area contributed by atoms with Crippen molar-refractivity contribution in [3.63, 3.8) is 0 Å². The van der Waals surface area contributed by atoms with Gasteiger partial charge in [0.2, 0.25) is 5.91 Å². The molecule has 34 heavy (non-hydrogen) atoms. The predicted octanol–water partition coefficient (Wildman–Crippen LogP) is 6.34. The number of halogens is 3. The highest BCUT2D eigenvalue weighted by Gasteiger charge is 2.31. The quantitative estimate of drug-likeness (QED) is 0.377. The summed E-state index contributed by atoms with van der Waals surface area (Å²) in [6.07, 6.45) is -0.722. The molecular formula is C27H18F3NO3. The zero-order chi connectivity index (χ0) is 23.8. The minimum absolute atomic E-state index is 0.0308. The van der Waals surface area contributed by atoms with Gasteiger partial charge < -0.3 is 15.2 Å². The maximum Gasteiger partial charge on any atom is 0.387 e. The molecule has 0 saturated heterocycles. The molecule has 0 radical (unpaired) electrons. The average Bonchev–Trinajstić information content (AvgIpc) is 2.83. The summed E-state index contributed by atoms with van der Waals surface area (Å²) >= 11 is 0. The summed E-state index contributed by atoms with van der Waals surface area (Å²) in [6, 6.07) is 22.9. The van der Waals surface area contributed by atoms with Crippen molar-refractivity contribution in [3.8, 4) is 33.8 Å². The Morgan fingerprint density at radius 3 is 2.47 bits per heavy atom. The van der Waals surface area contributed by atoms with E-state index in [9.17, 15) is 18.0 Å². The van der Waals surface area contributed by atoms with Crippen LogP contribution in [0.3, 0.4) is 0 Å². The smallest absolute Gasteiger partial charge is 0.387 e. The van der Waals surface area contributed by atoms with E-state index in [4.69, 9.17) is 15.2 Å². The van der Waals surface area contributed by atoms with Crippen LogP contribution in [0.15, 0.2) is 84.9 Å². The minimum Gasteiger partial charge on any atom is -0.480 e. The fraction of sp³-hybridized carbons (Fsp3) is 0.0741. The Balaban J connectivity index is 1.74. The SMILES string of the molecule is NC(=O)c1ccccc1-c1ccc2c(c1)C(c1cccc(F)c1)Oc1cccc(OC(F)F)c1-2. The van der Waals surface area contributed by atoms with E-state index >= 15 is 0 Å². The Morgan fingerprint density at radius 2 is 1.71 bits per heavy atom. The lowest BCUT2D eigenvalue weighted by molar-refractivity contribution is -0.0496. The summed E-state index contributed by atoms with van der Waals surface area (Å²) in [5.41, 5.74) is 9.32. The average molecular weight is 461 g/mol. The molecule has 0 spiro atoms. The van der Waals surface area contributed by atoms with E-state index in [0.29, 0.717) is 44.7 Å². The van der Waals surface area contributed by atoms with Gasteiger partial charge in [0.05, 0.1) is 5.56 Å². The van der Waals surface area contributed by atoms with Crippen LogP contribution in [0.4, 0.5) is 13.2 Å². The number of primary amides is 1. The molecule has 2 N–H and O–H groups in total. The van der Waals surface area contributed by atoms with Crippen molar-refractivity contribution in [2.75, 3.05) is 0 Å². The third-order valence-electron chi connectivity index (χ3n) is 5.71. The topological polar surface area (TPSA) is 61.6 Å². The second kappa shape index (κ2) is 8.59. The van der Waals surface area contributed by atoms with Gasteiger partial charge in [0.15, 0.2) is 0 Å². The number of hydrogen-bond acceptors (Lipinski definition) is 3. The fourth-order valence-electron chi connectivity index (χ4n) is 4.30. The van der Waals surface area contributed by atoms with Gasteiger partial charge in [-0.1, -0.05) is 48.5 Å². The number of rotatable bonds is 5. The molecule has 1 atom stereocenters. The van der Waals surface area contributed by atoms with E-state index in [1.54, 1.807) is 66.7 Å². The zero-order valence-corrected chi connectivity index (χ0v) is 17.7. The van der Waals surface area contributed by atoms with Gasteiger partial charge in [0, 0.05) is 11.1 Å². The second-order valence-electron chi connectivity index (χ2n) is 7.77. The number of carbonyl (C=O) groups excluding carboxylic acids is 1. The molecule has 0 aromatic heterocycles. The Morgan fingerprint density at radius 1 is 0.912 bits per heavy atom. The van der Waals surface area contributed by atoms with Crippen LogP contribution in [0.2, 0.25) is 0 Å². The molecule has 170 valence electrons. The van der Waals surface area contributed by atoms with Crippen molar-refractivity contribution in [2.45, 2.75) is 12.7 Å². The van der Waals surface area contributed by atoms with E-state index in [0.717, 1.165) is 0 Å². The summed E-state index contributed by atoms with van der Waals surface area (Å²) in [4.78, 5) is 12.0. The maximum atomic E-state index is 14.1. The molecule has 0 saturated carbocycles. The van der Waals surface area contributed by atoms with E-state index in [1.807, 2.05) is 0 Å². The lowest BCUT2D eigenvalue weighted by Gasteiger charge is -2.31. The standard InChI is InChI=1S/C27H18F3NO3/c28-17-6-3-5-16(13-17)25-21-14-15(18-7-1-2-8-20(18)26(31)32)11-12-19(21)24-22(33-25)9-4-10-23(24)34-27(29)30/h1-14,25,27H,(H2,31,32). The van der Waals surface area contributed by atoms with Crippen LogP contribution < -0.4 is 15.2 Å². The number of fused-ring (bicyclic) bond motifs is 3. The molecule has 0 fully saturated rings. The number of nitrogens with two attached hydrogens (primary N) is 1. The molecule has 1 aliphatic rings. The minimum atomic E-state index is -3.02. The number of alkyl halides is 2. The first-order valence-electron chi connectivity index (χ1n) is 10.5. The highest BCUT2D eigenvalue weighted by Crippen LogP contribution is 2.50. The second-order valence-corrected chi connectivity index (χ2v) is 7.77. The van der Waals surface area contributed by atoms with Gasteiger partial charge >= 0.3 is 6.61 Å². The van der Waals surface area contributed by atoms with Crippen LogP contribution >= 0.6 is 0 Å². The highest BCUT2D eigenvalue weighted by atomic mass is 19.3. The van der Waals surface area contributed by atoms with E-state index in [-0.39, 0.29) is 5.75 Å². The molecule has 7 heteroatoms. The first-order valence-corrected chi connectivity index (χ1v) is 10.5. The lowest BCUT2D eigenvalue weighted by Crippen LogP contribution is -2.17. The van der Waals surface area contributed by atoms with E-state index < -0.39 is 24.4 Å².